The summed E-state index contributed by atoms with van der Waals surface area (Å²) in [5.41, 5.74) is 1.96. The fourth-order valence-corrected chi connectivity index (χ4v) is 3.08. The molecule has 1 heterocycles. The highest BCUT2D eigenvalue weighted by Crippen LogP contribution is 2.19. The quantitative estimate of drug-likeness (QED) is 0.387. The topological polar surface area (TPSA) is 123 Å². The maximum atomic E-state index is 12.5. The minimum absolute atomic E-state index is 0.117. The molecular weight excluding hydrogens is 436 g/mol. The van der Waals surface area contributed by atoms with Crippen LogP contribution in [0.5, 0.6) is 0 Å². The lowest BCUT2D eigenvalue weighted by Crippen LogP contribution is -2.22. The van der Waals surface area contributed by atoms with Crippen molar-refractivity contribution >= 4 is 29.5 Å². The van der Waals surface area contributed by atoms with Crippen molar-refractivity contribution < 1.29 is 23.5 Å². The summed E-state index contributed by atoms with van der Waals surface area (Å²) in [5.74, 6) is -1.45. The molecule has 0 bridgehead atoms. The second kappa shape index (κ2) is 10.7. The van der Waals surface area contributed by atoms with Crippen molar-refractivity contribution in [1.29, 1.82) is 0 Å². The van der Waals surface area contributed by atoms with Crippen molar-refractivity contribution in [1.82, 2.24) is 10.2 Å². The lowest BCUT2D eigenvalue weighted by Gasteiger charge is -2.11. The Hall–Kier alpha value is -4.79. The van der Waals surface area contributed by atoms with Crippen molar-refractivity contribution in [2.24, 2.45) is 0 Å². The lowest BCUT2D eigenvalue weighted by atomic mass is 10.1. The molecule has 3 aromatic carbocycles. The van der Waals surface area contributed by atoms with E-state index in [-0.39, 0.29) is 29.8 Å². The fourth-order valence-electron chi connectivity index (χ4n) is 3.08. The van der Waals surface area contributed by atoms with Gasteiger partial charge in [-0.15, -0.1) is 5.10 Å². The van der Waals surface area contributed by atoms with Crippen LogP contribution in [-0.2, 0) is 20.7 Å². The second-order valence-electron chi connectivity index (χ2n) is 7.16. The van der Waals surface area contributed by atoms with Gasteiger partial charge < -0.3 is 14.5 Å². The Bertz CT molecular complexity index is 1290. The number of hydrogen-bond acceptors (Lipinski definition) is 7. The molecule has 0 fully saturated rings. The maximum Gasteiger partial charge on any atom is 0.340 e. The maximum absolute atomic E-state index is 12.5. The van der Waals surface area contributed by atoms with Crippen LogP contribution in [0.1, 0.15) is 15.9 Å². The molecule has 0 radical (unpaired) electrons. The highest BCUT2D eigenvalue weighted by atomic mass is 16.5. The molecule has 0 aliphatic rings. The van der Waals surface area contributed by atoms with E-state index in [0.717, 1.165) is 5.56 Å². The van der Waals surface area contributed by atoms with E-state index < -0.39 is 18.5 Å². The van der Waals surface area contributed by atoms with Crippen molar-refractivity contribution in [3.8, 4) is 11.5 Å². The number of nitrogens with zero attached hydrogens (tertiary/aromatic N) is 2. The van der Waals surface area contributed by atoms with Crippen molar-refractivity contribution in [3.63, 3.8) is 0 Å². The summed E-state index contributed by atoms with van der Waals surface area (Å²) in [7, 11) is 0. The third-order valence-corrected chi connectivity index (χ3v) is 4.66. The van der Waals surface area contributed by atoms with Crippen LogP contribution in [0, 0.1) is 0 Å². The minimum atomic E-state index is -0.763. The molecule has 0 saturated carbocycles. The first kappa shape index (κ1) is 22.4. The number of hydrogen-bond donors (Lipinski definition) is 2. The molecule has 2 amide bonds. The molecule has 0 aliphatic carbocycles. The van der Waals surface area contributed by atoms with Gasteiger partial charge >= 0.3 is 12.0 Å². The molecule has 0 spiro atoms. The summed E-state index contributed by atoms with van der Waals surface area (Å²) in [5, 5.41) is 12.7. The van der Waals surface area contributed by atoms with E-state index >= 15 is 0 Å². The first-order valence-corrected chi connectivity index (χ1v) is 10.4. The van der Waals surface area contributed by atoms with Crippen molar-refractivity contribution in [3.05, 3.63) is 96.1 Å². The van der Waals surface area contributed by atoms with E-state index in [0.29, 0.717) is 11.3 Å². The zero-order valence-electron chi connectivity index (χ0n) is 17.9. The summed E-state index contributed by atoms with van der Waals surface area (Å²) in [6.07, 6.45) is 0.155. The van der Waals surface area contributed by atoms with Crippen LogP contribution in [-0.4, -0.2) is 34.6 Å². The van der Waals surface area contributed by atoms with E-state index in [9.17, 15) is 14.4 Å². The van der Waals surface area contributed by atoms with Crippen LogP contribution >= 0.6 is 0 Å². The van der Waals surface area contributed by atoms with Gasteiger partial charge in [0.05, 0.1) is 17.7 Å². The zero-order valence-corrected chi connectivity index (χ0v) is 17.9. The van der Waals surface area contributed by atoms with Crippen molar-refractivity contribution in [2.75, 3.05) is 17.2 Å². The summed E-state index contributed by atoms with van der Waals surface area (Å²) in [6.45, 7) is -0.575. The van der Waals surface area contributed by atoms with Crippen LogP contribution in [0.25, 0.3) is 11.5 Å². The third-order valence-electron chi connectivity index (χ3n) is 4.66. The van der Waals surface area contributed by atoms with E-state index in [1.54, 1.807) is 30.3 Å². The highest BCUT2D eigenvalue weighted by molar-refractivity contribution is 6.02. The Morgan fingerprint density at radius 2 is 1.44 bits per heavy atom. The number of carbonyl (C=O) groups excluding carboxylic acids is 3. The molecule has 0 atom stereocenters. The molecule has 1 aromatic heterocycles. The van der Waals surface area contributed by atoms with E-state index in [4.69, 9.17) is 9.15 Å². The van der Waals surface area contributed by atoms with Crippen LogP contribution < -0.4 is 10.6 Å². The monoisotopic (exact) mass is 456 g/mol. The predicted octanol–water partition coefficient (Wildman–Crippen LogP) is 3.71. The summed E-state index contributed by atoms with van der Waals surface area (Å²) in [4.78, 5) is 37.1. The number of benzene rings is 3. The molecule has 9 nitrogen and oxygen atoms in total. The van der Waals surface area contributed by atoms with Gasteiger partial charge in [0.2, 0.25) is 11.8 Å². The van der Waals surface area contributed by atoms with E-state index in [1.807, 2.05) is 48.5 Å². The number of rotatable bonds is 8. The summed E-state index contributed by atoms with van der Waals surface area (Å²) < 4.78 is 10.5. The van der Waals surface area contributed by atoms with Gasteiger partial charge in [0.15, 0.2) is 6.61 Å². The Morgan fingerprint density at radius 1 is 0.765 bits per heavy atom. The Balaban J connectivity index is 1.32. The SMILES string of the molecule is O=C(COC(=O)c1ccccc1NC(=O)Cc1ccccc1)Nc1nnc(-c2ccccc2)o1. The van der Waals surface area contributed by atoms with Gasteiger partial charge in [0.25, 0.3) is 5.91 Å². The van der Waals surface area contributed by atoms with E-state index in [1.165, 1.54) is 6.07 Å². The molecule has 9 heteroatoms. The third kappa shape index (κ3) is 5.92. The number of ether oxygens (including phenoxy) is 1. The largest absolute Gasteiger partial charge is 0.452 e. The number of esters is 1. The minimum Gasteiger partial charge on any atom is -0.452 e. The first-order valence-electron chi connectivity index (χ1n) is 10.4. The van der Waals surface area contributed by atoms with Crippen LogP contribution in [0.2, 0.25) is 0 Å². The molecule has 0 saturated heterocycles. The number of carbonyl (C=O) groups is 3. The Labute approximate surface area is 194 Å². The Kier molecular flexibility index (Phi) is 7.04. The predicted molar refractivity (Wildman–Crippen MR) is 124 cm³/mol. The number of aromatic nitrogens is 2. The lowest BCUT2D eigenvalue weighted by molar-refractivity contribution is -0.119. The molecule has 34 heavy (non-hydrogen) atoms. The molecule has 4 aromatic rings. The fraction of sp³-hybridized carbons (Fsp3) is 0.0800. The molecular formula is C25H20N4O5. The Morgan fingerprint density at radius 3 is 2.21 bits per heavy atom. The molecule has 2 N–H and O–H groups in total. The van der Waals surface area contributed by atoms with Gasteiger partial charge in [0, 0.05) is 5.56 Å². The first-order chi connectivity index (χ1) is 16.6. The van der Waals surface area contributed by atoms with Gasteiger partial charge in [-0.2, -0.15) is 0 Å². The van der Waals surface area contributed by atoms with Gasteiger partial charge in [-0.1, -0.05) is 65.8 Å². The van der Waals surface area contributed by atoms with Gasteiger partial charge in [-0.05, 0) is 29.8 Å². The normalized spacial score (nSPS) is 10.4. The number of nitrogens with one attached hydrogen (secondary N) is 2. The van der Waals surface area contributed by atoms with Crippen molar-refractivity contribution in [2.45, 2.75) is 6.42 Å². The van der Waals surface area contributed by atoms with Gasteiger partial charge in [-0.25, -0.2) is 4.79 Å². The number of anilines is 2. The standard InChI is InChI=1S/C25H20N4O5/c30-21(15-17-9-3-1-4-10-17)26-20-14-8-7-13-19(20)24(32)33-16-22(31)27-25-29-28-23(34-25)18-11-5-2-6-12-18/h1-14H,15-16H2,(H,26,30)(H,27,29,31). The molecule has 0 aliphatic heterocycles. The summed E-state index contributed by atoms with van der Waals surface area (Å²) >= 11 is 0. The zero-order chi connectivity index (χ0) is 23.8. The van der Waals surface area contributed by atoms with E-state index in [2.05, 4.69) is 20.8 Å². The molecule has 0 unspecified atom stereocenters. The van der Waals surface area contributed by atoms with Gasteiger partial charge in [-0.3, -0.25) is 14.9 Å². The highest BCUT2D eigenvalue weighted by Gasteiger charge is 2.17. The van der Waals surface area contributed by atoms with Gasteiger partial charge in [0.1, 0.15) is 0 Å². The molecule has 4 rings (SSSR count). The average Bonchev–Trinajstić information content (AvgIpc) is 3.32. The summed E-state index contributed by atoms with van der Waals surface area (Å²) in [6, 6.07) is 24.6. The number of para-hydroxylation sites is 1. The smallest absolute Gasteiger partial charge is 0.340 e. The number of amides is 2. The average molecular weight is 456 g/mol. The van der Waals surface area contributed by atoms with Crippen LogP contribution in [0.15, 0.2) is 89.3 Å². The van der Waals surface area contributed by atoms with Crippen LogP contribution in [0.4, 0.5) is 11.7 Å². The molecule has 170 valence electrons. The van der Waals surface area contributed by atoms with Crippen LogP contribution in [0.3, 0.4) is 0 Å². The second-order valence-corrected chi connectivity index (χ2v) is 7.16.